The van der Waals surface area contributed by atoms with E-state index in [1.165, 1.54) is 0 Å². The molecule has 3 heteroatoms. The molecule has 3 nitrogen and oxygen atoms in total. The summed E-state index contributed by atoms with van der Waals surface area (Å²) in [6.07, 6.45) is 4.94. The number of rotatable bonds is 6. The maximum absolute atomic E-state index is 4.44. The van der Waals surface area contributed by atoms with Crippen LogP contribution in [0.1, 0.15) is 32.0 Å². The summed E-state index contributed by atoms with van der Waals surface area (Å²) in [7, 11) is 0. The quantitative estimate of drug-likeness (QED) is 0.554. The van der Waals surface area contributed by atoms with E-state index in [1.807, 2.05) is 17.0 Å². The van der Waals surface area contributed by atoms with E-state index in [9.17, 15) is 0 Å². The largest absolute Gasteiger partial charge is 0.311 e. The van der Waals surface area contributed by atoms with Crippen LogP contribution in [0, 0.1) is 0 Å². The first-order valence-electron chi connectivity index (χ1n) is 5.09. The normalized spacial score (nSPS) is 10.8. The molecule has 0 amide bonds. The van der Waals surface area contributed by atoms with Gasteiger partial charge in [0.1, 0.15) is 0 Å². The number of aromatic nitrogens is 2. The van der Waals surface area contributed by atoms with Gasteiger partial charge in [-0.25, -0.2) is 0 Å². The fraction of sp³-hybridized carbons (Fsp3) is 0.545. The molecule has 0 unspecified atom stereocenters. The molecule has 0 fully saturated rings. The van der Waals surface area contributed by atoms with Gasteiger partial charge < -0.3 is 5.32 Å². The summed E-state index contributed by atoms with van der Waals surface area (Å²) in [4.78, 5) is 0. The van der Waals surface area contributed by atoms with Gasteiger partial charge in [-0.2, -0.15) is 5.10 Å². The Hall–Kier alpha value is -1.09. The van der Waals surface area contributed by atoms with Crippen LogP contribution in [0.2, 0.25) is 0 Å². The molecule has 0 bridgehead atoms. The molecule has 0 aliphatic carbocycles. The van der Waals surface area contributed by atoms with Crippen molar-refractivity contribution in [3.8, 4) is 0 Å². The highest BCUT2D eigenvalue weighted by atomic mass is 15.3. The molecule has 1 aromatic rings. The Balaban J connectivity index is 2.32. The van der Waals surface area contributed by atoms with E-state index in [2.05, 4.69) is 36.9 Å². The van der Waals surface area contributed by atoms with Crippen molar-refractivity contribution in [2.75, 3.05) is 6.54 Å². The lowest BCUT2D eigenvalue weighted by Gasteiger charge is -2.04. The van der Waals surface area contributed by atoms with Crippen molar-refractivity contribution in [3.05, 3.63) is 30.6 Å². The smallest absolute Gasteiger partial charge is 0.0762 e. The highest BCUT2D eigenvalue weighted by Gasteiger charge is 2.00. The first-order chi connectivity index (χ1) is 6.74. The van der Waals surface area contributed by atoms with Crippen LogP contribution < -0.4 is 5.32 Å². The predicted molar refractivity (Wildman–Crippen MR) is 59.1 cm³/mol. The molecule has 1 aromatic heterocycles. The number of nitrogens with one attached hydrogen (secondary N) is 1. The maximum Gasteiger partial charge on any atom is 0.0762 e. The zero-order valence-corrected chi connectivity index (χ0v) is 9.03. The maximum atomic E-state index is 4.44. The van der Waals surface area contributed by atoms with Gasteiger partial charge in [0, 0.05) is 18.8 Å². The van der Waals surface area contributed by atoms with Gasteiger partial charge in [-0.3, -0.25) is 4.68 Å². The van der Waals surface area contributed by atoms with Gasteiger partial charge in [-0.1, -0.05) is 6.08 Å². The lowest BCUT2D eigenvalue weighted by atomic mass is 10.4. The second-order valence-electron chi connectivity index (χ2n) is 3.63. The Bertz CT molecular complexity index is 276. The predicted octanol–water partition coefficient (Wildman–Crippen LogP) is 2.13. The topological polar surface area (TPSA) is 29.9 Å². The Morgan fingerprint density at radius 1 is 1.64 bits per heavy atom. The minimum absolute atomic E-state index is 0.442. The standard InChI is InChI=1S/C11H19N3/c1-4-5-7-12-9-11-6-8-14(13-11)10(2)3/h4,6,8,10,12H,1,5,7,9H2,2-3H3. The van der Waals surface area contributed by atoms with E-state index >= 15 is 0 Å². The SMILES string of the molecule is C=CCCNCc1ccn(C(C)C)n1. The molecule has 0 aliphatic rings. The third kappa shape index (κ3) is 3.34. The van der Waals surface area contributed by atoms with E-state index in [0.717, 1.165) is 25.2 Å². The van der Waals surface area contributed by atoms with Crippen LogP contribution in [-0.2, 0) is 6.54 Å². The van der Waals surface area contributed by atoms with Gasteiger partial charge in [-0.05, 0) is 32.9 Å². The lowest BCUT2D eigenvalue weighted by Crippen LogP contribution is -2.14. The van der Waals surface area contributed by atoms with Crippen molar-refractivity contribution >= 4 is 0 Å². The third-order valence-corrected chi connectivity index (χ3v) is 2.02. The summed E-state index contributed by atoms with van der Waals surface area (Å²) in [5.74, 6) is 0. The average Bonchev–Trinajstić information content (AvgIpc) is 2.61. The van der Waals surface area contributed by atoms with Crippen LogP contribution in [0.3, 0.4) is 0 Å². The number of hydrogen-bond acceptors (Lipinski definition) is 2. The van der Waals surface area contributed by atoms with Crippen molar-refractivity contribution in [2.24, 2.45) is 0 Å². The van der Waals surface area contributed by atoms with E-state index in [1.54, 1.807) is 0 Å². The molecule has 78 valence electrons. The molecule has 0 saturated carbocycles. The molecule has 0 aromatic carbocycles. The lowest BCUT2D eigenvalue weighted by molar-refractivity contribution is 0.522. The zero-order chi connectivity index (χ0) is 10.4. The van der Waals surface area contributed by atoms with Gasteiger partial charge in [-0.15, -0.1) is 6.58 Å². The van der Waals surface area contributed by atoms with Crippen LogP contribution in [-0.4, -0.2) is 16.3 Å². The van der Waals surface area contributed by atoms with Crippen LogP contribution >= 0.6 is 0 Å². The van der Waals surface area contributed by atoms with Gasteiger partial charge in [0.25, 0.3) is 0 Å². The van der Waals surface area contributed by atoms with Gasteiger partial charge >= 0.3 is 0 Å². The molecule has 14 heavy (non-hydrogen) atoms. The Kier molecular flexibility index (Phi) is 4.40. The summed E-state index contributed by atoms with van der Waals surface area (Å²) in [6, 6.07) is 2.50. The van der Waals surface area contributed by atoms with Gasteiger partial charge in [0.15, 0.2) is 0 Å². The van der Waals surface area contributed by atoms with Crippen LogP contribution in [0.5, 0.6) is 0 Å². The molecule has 0 atom stereocenters. The van der Waals surface area contributed by atoms with E-state index < -0.39 is 0 Å². The summed E-state index contributed by atoms with van der Waals surface area (Å²) < 4.78 is 1.98. The molecule has 1 N–H and O–H groups in total. The van der Waals surface area contributed by atoms with Crippen molar-refractivity contribution in [3.63, 3.8) is 0 Å². The molecule has 1 heterocycles. The van der Waals surface area contributed by atoms with E-state index in [-0.39, 0.29) is 0 Å². The first kappa shape index (κ1) is 11.0. The average molecular weight is 193 g/mol. The monoisotopic (exact) mass is 193 g/mol. The number of nitrogens with zero attached hydrogens (tertiary/aromatic N) is 2. The fourth-order valence-corrected chi connectivity index (χ4v) is 1.18. The number of hydrogen-bond donors (Lipinski definition) is 1. The fourth-order valence-electron chi connectivity index (χ4n) is 1.18. The van der Waals surface area contributed by atoms with Crippen molar-refractivity contribution in [2.45, 2.75) is 32.9 Å². The molecule has 0 radical (unpaired) electrons. The Morgan fingerprint density at radius 2 is 2.43 bits per heavy atom. The minimum atomic E-state index is 0.442. The van der Waals surface area contributed by atoms with Crippen LogP contribution in [0.25, 0.3) is 0 Å². The molecular weight excluding hydrogens is 174 g/mol. The summed E-state index contributed by atoms with van der Waals surface area (Å²) in [6.45, 7) is 9.74. The van der Waals surface area contributed by atoms with Crippen molar-refractivity contribution in [1.29, 1.82) is 0 Å². The summed E-state index contributed by atoms with van der Waals surface area (Å²) in [5.41, 5.74) is 1.10. The second-order valence-corrected chi connectivity index (χ2v) is 3.63. The van der Waals surface area contributed by atoms with E-state index in [0.29, 0.717) is 6.04 Å². The second kappa shape index (κ2) is 5.60. The molecule has 0 aliphatic heterocycles. The third-order valence-electron chi connectivity index (χ3n) is 2.02. The first-order valence-corrected chi connectivity index (χ1v) is 5.09. The van der Waals surface area contributed by atoms with E-state index in [4.69, 9.17) is 0 Å². The van der Waals surface area contributed by atoms with Gasteiger partial charge in [0.2, 0.25) is 0 Å². The Morgan fingerprint density at radius 3 is 3.00 bits per heavy atom. The molecule has 0 spiro atoms. The van der Waals surface area contributed by atoms with Crippen LogP contribution in [0.4, 0.5) is 0 Å². The highest BCUT2D eigenvalue weighted by Crippen LogP contribution is 2.03. The van der Waals surface area contributed by atoms with Crippen molar-refractivity contribution < 1.29 is 0 Å². The highest BCUT2D eigenvalue weighted by molar-refractivity contribution is 4.99. The molecule has 1 rings (SSSR count). The summed E-state index contributed by atoms with van der Waals surface area (Å²) >= 11 is 0. The Labute approximate surface area is 85.8 Å². The molecule has 0 saturated heterocycles. The molecular formula is C11H19N3. The minimum Gasteiger partial charge on any atom is -0.311 e. The van der Waals surface area contributed by atoms with Crippen LogP contribution in [0.15, 0.2) is 24.9 Å². The zero-order valence-electron chi connectivity index (χ0n) is 9.03. The van der Waals surface area contributed by atoms with Gasteiger partial charge in [0.05, 0.1) is 5.69 Å². The van der Waals surface area contributed by atoms with Crippen molar-refractivity contribution in [1.82, 2.24) is 15.1 Å². The summed E-state index contributed by atoms with van der Waals surface area (Å²) in [5, 5.41) is 7.74.